The highest BCUT2D eigenvalue weighted by atomic mass is 32.1. The number of hydrogen-bond donors (Lipinski definition) is 1. The van der Waals surface area contributed by atoms with Gasteiger partial charge in [0, 0.05) is 12.0 Å². The van der Waals surface area contributed by atoms with Gasteiger partial charge in [0.2, 0.25) is 11.0 Å². The SMILES string of the molecule is CCCCc1nnc(NC(=O)Cc2cc(OC)ccc2OC)s1. The van der Waals surface area contributed by atoms with Gasteiger partial charge in [-0.3, -0.25) is 4.79 Å². The molecule has 1 amide bonds. The molecular weight excluding hydrogens is 314 g/mol. The highest BCUT2D eigenvalue weighted by Gasteiger charge is 2.12. The highest BCUT2D eigenvalue weighted by molar-refractivity contribution is 7.15. The topological polar surface area (TPSA) is 73.3 Å². The van der Waals surface area contributed by atoms with Crippen LogP contribution in [0.5, 0.6) is 11.5 Å². The second-order valence-electron chi connectivity index (χ2n) is 5.01. The Morgan fingerprint density at radius 3 is 2.78 bits per heavy atom. The Hall–Kier alpha value is -2.15. The van der Waals surface area contributed by atoms with Crippen molar-refractivity contribution < 1.29 is 14.3 Å². The van der Waals surface area contributed by atoms with Gasteiger partial charge in [-0.1, -0.05) is 24.7 Å². The van der Waals surface area contributed by atoms with Gasteiger partial charge >= 0.3 is 0 Å². The molecule has 2 rings (SSSR count). The molecule has 1 aromatic carbocycles. The number of carbonyl (C=O) groups excluding carboxylic acids is 1. The molecule has 0 spiro atoms. The predicted octanol–water partition coefficient (Wildman–Crippen LogP) is 3.08. The van der Waals surface area contributed by atoms with Gasteiger partial charge in [-0.15, -0.1) is 10.2 Å². The van der Waals surface area contributed by atoms with Crippen molar-refractivity contribution in [2.24, 2.45) is 0 Å². The van der Waals surface area contributed by atoms with Crippen LogP contribution in [-0.4, -0.2) is 30.3 Å². The largest absolute Gasteiger partial charge is 0.497 e. The molecule has 124 valence electrons. The second kappa shape index (κ2) is 8.47. The van der Waals surface area contributed by atoms with E-state index in [4.69, 9.17) is 9.47 Å². The summed E-state index contributed by atoms with van der Waals surface area (Å²) in [5.74, 6) is 1.18. The maximum absolute atomic E-state index is 12.2. The zero-order chi connectivity index (χ0) is 16.7. The van der Waals surface area contributed by atoms with Crippen molar-refractivity contribution in [1.82, 2.24) is 10.2 Å². The lowest BCUT2D eigenvalue weighted by atomic mass is 10.1. The van der Waals surface area contributed by atoms with Gasteiger partial charge in [0.1, 0.15) is 16.5 Å². The zero-order valence-corrected chi connectivity index (χ0v) is 14.4. The number of anilines is 1. The molecule has 6 nitrogen and oxygen atoms in total. The molecular formula is C16H21N3O3S. The van der Waals surface area contributed by atoms with Gasteiger partial charge in [0.25, 0.3) is 0 Å². The molecule has 0 atom stereocenters. The first-order valence-electron chi connectivity index (χ1n) is 7.49. The molecule has 0 radical (unpaired) electrons. The van der Waals surface area contributed by atoms with E-state index in [0.717, 1.165) is 29.8 Å². The van der Waals surface area contributed by atoms with Crippen LogP contribution in [0.3, 0.4) is 0 Å². The molecule has 0 saturated carbocycles. The van der Waals surface area contributed by atoms with E-state index in [9.17, 15) is 4.79 Å². The number of carbonyl (C=O) groups is 1. The molecule has 1 heterocycles. The minimum absolute atomic E-state index is 0.158. The number of benzene rings is 1. The fraction of sp³-hybridized carbons (Fsp3) is 0.438. The van der Waals surface area contributed by atoms with Gasteiger partial charge in [0.05, 0.1) is 20.6 Å². The fourth-order valence-electron chi connectivity index (χ4n) is 2.09. The third kappa shape index (κ3) is 4.92. The first kappa shape index (κ1) is 17.2. The number of aromatic nitrogens is 2. The van der Waals surface area contributed by atoms with Gasteiger partial charge in [-0.2, -0.15) is 0 Å². The van der Waals surface area contributed by atoms with Crippen LogP contribution in [0.1, 0.15) is 30.3 Å². The summed E-state index contributed by atoms with van der Waals surface area (Å²) in [4.78, 5) is 12.2. The Morgan fingerprint density at radius 2 is 2.09 bits per heavy atom. The fourth-order valence-corrected chi connectivity index (χ4v) is 2.89. The smallest absolute Gasteiger partial charge is 0.230 e. The molecule has 23 heavy (non-hydrogen) atoms. The predicted molar refractivity (Wildman–Crippen MR) is 90.4 cm³/mol. The summed E-state index contributed by atoms with van der Waals surface area (Å²) in [5.41, 5.74) is 0.764. The summed E-state index contributed by atoms with van der Waals surface area (Å²) < 4.78 is 10.5. The number of hydrogen-bond acceptors (Lipinski definition) is 6. The van der Waals surface area contributed by atoms with Crippen LogP contribution < -0.4 is 14.8 Å². The summed E-state index contributed by atoms with van der Waals surface area (Å²) in [6.07, 6.45) is 3.26. The summed E-state index contributed by atoms with van der Waals surface area (Å²) in [6.45, 7) is 2.13. The Morgan fingerprint density at radius 1 is 1.26 bits per heavy atom. The summed E-state index contributed by atoms with van der Waals surface area (Å²) in [6, 6.07) is 5.38. The number of nitrogens with one attached hydrogen (secondary N) is 1. The van der Waals surface area contributed by atoms with E-state index in [1.165, 1.54) is 11.3 Å². The van der Waals surface area contributed by atoms with E-state index in [1.807, 2.05) is 0 Å². The standard InChI is InChI=1S/C16H21N3O3S/c1-4-5-6-15-18-19-16(23-15)17-14(20)10-11-9-12(21-2)7-8-13(11)22-3/h7-9H,4-6,10H2,1-3H3,(H,17,19,20). The summed E-state index contributed by atoms with van der Waals surface area (Å²) >= 11 is 1.42. The van der Waals surface area contributed by atoms with Crippen molar-refractivity contribution in [3.8, 4) is 11.5 Å². The lowest BCUT2D eigenvalue weighted by molar-refractivity contribution is -0.115. The monoisotopic (exact) mass is 335 g/mol. The Balaban J connectivity index is 2.00. The van der Waals surface area contributed by atoms with Crippen molar-refractivity contribution in [1.29, 1.82) is 0 Å². The Bertz CT molecular complexity index is 658. The van der Waals surface area contributed by atoms with E-state index < -0.39 is 0 Å². The third-order valence-corrected chi connectivity index (χ3v) is 4.19. The lowest BCUT2D eigenvalue weighted by Crippen LogP contribution is -2.14. The zero-order valence-electron chi connectivity index (χ0n) is 13.6. The van der Waals surface area contributed by atoms with E-state index >= 15 is 0 Å². The van der Waals surface area contributed by atoms with Gasteiger partial charge in [-0.05, 0) is 24.6 Å². The number of ether oxygens (including phenoxy) is 2. The van der Waals surface area contributed by atoms with Crippen molar-refractivity contribution in [2.45, 2.75) is 32.6 Å². The number of aryl methyl sites for hydroxylation is 1. The van der Waals surface area contributed by atoms with Crippen LogP contribution in [0.25, 0.3) is 0 Å². The average molecular weight is 335 g/mol. The first-order valence-corrected chi connectivity index (χ1v) is 8.31. The van der Waals surface area contributed by atoms with Crippen LogP contribution in [0.4, 0.5) is 5.13 Å². The van der Waals surface area contributed by atoms with Crippen LogP contribution in [0.15, 0.2) is 18.2 Å². The van der Waals surface area contributed by atoms with E-state index in [1.54, 1.807) is 32.4 Å². The maximum Gasteiger partial charge on any atom is 0.230 e. The maximum atomic E-state index is 12.2. The number of unbranched alkanes of at least 4 members (excludes halogenated alkanes) is 1. The molecule has 0 unspecified atom stereocenters. The normalized spacial score (nSPS) is 10.4. The average Bonchev–Trinajstić information content (AvgIpc) is 2.99. The Labute approximate surface area is 139 Å². The number of methoxy groups -OCH3 is 2. The molecule has 0 aliphatic heterocycles. The van der Waals surface area contributed by atoms with Crippen LogP contribution >= 0.6 is 11.3 Å². The van der Waals surface area contributed by atoms with Gasteiger partial charge in [-0.25, -0.2) is 0 Å². The van der Waals surface area contributed by atoms with E-state index in [-0.39, 0.29) is 12.3 Å². The van der Waals surface area contributed by atoms with E-state index in [0.29, 0.717) is 16.6 Å². The third-order valence-electron chi connectivity index (χ3n) is 3.30. The summed E-state index contributed by atoms with van der Waals surface area (Å²) in [5, 5.41) is 12.4. The molecule has 1 N–H and O–H groups in total. The van der Waals surface area contributed by atoms with Crippen molar-refractivity contribution in [3.05, 3.63) is 28.8 Å². The minimum Gasteiger partial charge on any atom is -0.497 e. The van der Waals surface area contributed by atoms with Crippen molar-refractivity contribution in [2.75, 3.05) is 19.5 Å². The molecule has 1 aromatic heterocycles. The van der Waals surface area contributed by atoms with Crippen molar-refractivity contribution in [3.63, 3.8) is 0 Å². The summed E-state index contributed by atoms with van der Waals surface area (Å²) in [7, 11) is 3.17. The van der Waals surface area contributed by atoms with Crippen molar-refractivity contribution >= 4 is 22.4 Å². The van der Waals surface area contributed by atoms with Gasteiger partial charge < -0.3 is 14.8 Å². The van der Waals surface area contributed by atoms with Crippen LogP contribution in [0.2, 0.25) is 0 Å². The number of amides is 1. The number of rotatable bonds is 8. The van der Waals surface area contributed by atoms with E-state index in [2.05, 4.69) is 22.4 Å². The quantitative estimate of drug-likeness (QED) is 0.802. The molecule has 0 fully saturated rings. The Kier molecular flexibility index (Phi) is 6.34. The second-order valence-corrected chi connectivity index (χ2v) is 6.07. The van der Waals surface area contributed by atoms with Crippen LogP contribution in [0, 0.1) is 0 Å². The highest BCUT2D eigenvalue weighted by Crippen LogP contribution is 2.25. The molecule has 0 aliphatic rings. The molecule has 7 heteroatoms. The first-order chi connectivity index (χ1) is 11.2. The molecule has 0 aliphatic carbocycles. The molecule has 0 saturated heterocycles. The molecule has 2 aromatic rings. The van der Waals surface area contributed by atoms with Gasteiger partial charge in [0.15, 0.2) is 0 Å². The lowest BCUT2D eigenvalue weighted by Gasteiger charge is -2.09. The van der Waals surface area contributed by atoms with Crippen LogP contribution in [-0.2, 0) is 17.6 Å². The molecule has 0 bridgehead atoms. The minimum atomic E-state index is -0.158. The number of nitrogens with zero attached hydrogens (tertiary/aromatic N) is 2.